The number of hydrogen-bond acceptors (Lipinski definition) is 5. The van der Waals surface area contributed by atoms with Crippen molar-refractivity contribution < 1.29 is 13.2 Å². The van der Waals surface area contributed by atoms with Crippen molar-refractivity contribution in [1.82, 2.24) is 4.90 Å². The first-order chi connectivity index (χ1) is 11.0. The monoisotopic (exact) mass is 366 g/mol. The van der Waals surface area contributed by atoms with E-state index >= 15 is 0 Å². The first kappa shape index (κ1) is 16.2. The van der Waals surface area contributed by atoms with Gasteiger partial charge < -0.3 is 0 Å². The van der Waals surface area contributed by atoms with Gasteiger partial charge >= 0.3 is 0 Å². The third-order valence-electron chi connectivity index (χ3n) is 3.31. The fraction of sp³-hybridized carbons (Fsp3) is 0.200. The predicted octanol–water partition coefficient (Wildman–Crippen LogP) is 3.13. The van der Waals surface area contributed by atoms with Gasteiger partial charge in [-0.15, -0.1) is 15.7 Å². The van der Waals surface area contributed by atoms with Gasteiger partial charge in [-0.3, -0.25) is 9.69 Å². The molecule has 1 aromatic carbocycles. The van der Waals surface area contributed by atoms with Crippen LogP contribution in [-0.2, 0) is 14.8 Å². The molecule has 5 nitrogen and oxygen atoms in total. The lowest BCUT2D eigenvalue weighted by Gasteiger charge is -2.13. The summed E-state index contributed by atoms with van der Waals surface area (Å²) in [6.07, 6.45) is 0. The fourth-order valence-electron chi connectivity index (χ4n) is 2.21. The molecule has 1 aliphatic heterocycles. The van der Waals surface area contributed by atoms with Gasteiger partial charge in [0.1, 0.15) is 9.46 Å². The first-order valence-corrected chi connectivity index (χ1v) is 10.1. The van der Waals surface area contributed by atoms with Crippen LogP contribution in [0, 0.1) is 0 Å². The summed E-state index contributed by atoms with van der Waals surface area (Å²) in [7, 11) is -3.78. The van der Waals surface area contributed by atoms with Crippen LogP contribution in [0.2, 0.25) is 0 Å². The van der Waals surface area contributed by atoms with Crippen LogP contribution in [-0.4, -0.2) is 30.9 Å². The molecule has 1 amide bonds. The van der Waals surface area contributed by atoms with E-state index in [0.717, 1.165) is 16.9 Å². The molecule has 8 heteroatoms. The highest BCUT2D eigenvalue weighted by atomic mass is 32.2. The molecule has 2 heterocycles. The topological polar surface area (TPSA) is 66.8 Å². The molecule has 3 rings (SSSR count). The molecule has 1 fully saturated rings. The van der Waals surface area contributed by atoms with Crippen molar-refractivity contribution in [3.8, 4) is 0 Å². The average molecular weight is 366 g/mol. The highest BCUT2D eigenvalue weighted by Gasteiger charge is 2.39. The van der Waals surface area contributed by atoms with Crippen LogP contribution in [0.3, 0.4) is 0 Å². The lowest BCUT2D eigenvalue weighted by molar-refractivity contribution is -0.126. The maximum absolute atomic E-state index is 12.6. The van der Waals surface area contributed by atoms with E-state index in [1.807, 2.05) is 30.3 Å². The second kappa shape index (κ2) is 6.46. The van der Waals surface area contributed by atoms with E-state index in [2.05, 4.69) is 4.40 Å². The highest BCUT2D eigenvalue weighted by molar-refractivity contribution is 8.15. The van der Waals surface area contributed by atoms with E-state index in [-0.39, 0.29) is 15.3 Å². The van der Waals surface area contributed by atoms with Crippen LogP contribution in [0.4, 0.5) is 0 Å². The number of carbonyl (C=O) groups is 1. The Morgan fingerprint density at radius 2 is 1.91 bits per heavy atom. The minimum atomic E-state index is -3.78. The Bertz CT molecular complexity index is 830. The standard InChI is InChI=1S/C15H14N2O3S3/c1-2-17-14(18)13(11-7-4-3-5-8-11)22-15(17)16-23(19,20)12-9-6-10-21-12/h3-10,13H,2H2,1H3/b16-15+. The molecule has 0 spiro atoms. The zero-order valence-corrected chi connectivity index (χ0v) is 14.7. The van der Waals surface area contributed by atoms with E-state index in [1.165, 1.54) is 22.7 Å². The maximum atomic E-state index is 12.6. The predicted molar refractivity (Wildman–Crippen MR) is 93.1 cm³/mol. The number of nitrogens with zero attached hydrogens (tertiary/aromatic N) is 2. The normalized spacial score (nSPS) is 20.4. The number of carbonyl (C=O) groups excluding carboxylic acids is 1. The molecule has 0 saturated carbocycles. The minimum absolute atomic E-state index is 0.135. The summed E-state index contributed by atoms with van der Waals surface area (Å²) in [5.74, 6) is -0.135. The quantitative estimate of drug-likeness (QED) is 0.834. The van der Waals surface area contributed by atoms with Crippen LogP contribution in [0.1, 0.15) is 17.7 Å². The summed E-state index contributed by atoms with van der Waals surface area (Å²) >= 11 is 2.29. The second-order valence-corrected chi connectivity index (χ2v) is 8.62. The van der Waals surface area contributed by atoms with Gasteiger partial charge in [-0.2, -0.15) is 8.42 Å². The SMILES string of the molecule is CCN1C(=O)C(c2ccccc2)S/C1=N/S(=O)(=O)c1cccs1. The third kappa shape index (κ3) is 3.19. The summed E-state index contributed by atoms with van der Waals surface area (Å²) < 4.78 is 28.7. The largest absolute Gasteiger partial charge is 0.294 e. The summed E-state index contributed by atoms with van der Waals surface area (Å²) in [5.41, 5.74) is 0.847. The number of thiophene rings is 1. The number of rotatable bonds is 4. The lowest BCUT2D eigenvalue weighted by Crippen LogP contribution is -2.30. The number of sulfonamides is 1. The van der Waals surface area contributed by atoms with Crippen molar-refractivity contribution >= 4 is 44.2 Å². The molecule has 0 bridgehead atoms. The fourth-order valence-corrected chi connectivity index (χ4v) is 5.62. The summed E-state index contributed by atoms with van der Waals surface area (Å²) in [6.45, 7) is 2.19. The molecule has 2 aromatic rings. The van der Waals surface area contributed by atoms with Gasteiger partial charge in [-0.1, -0.05) is 48.2 Å². The van der Waals surface area contributed by atoms with E-state index in [0.29, 0.717) is 6.54 Å². The zero-order chi connectivity index (χ0) is 16.4. The van der Waals surface area contributed by atoms with Gasteiger partial charge in [-0.05, 0) is 23.9 Å². The molecule has 1 unspecified atom stereocenters. The number of amidine groups is 1. The number of thioether (sulfide) groups is 1. The van der Waals surface area contributed by atoms with Crippen molar-refractivity contribution in [1.29, 1.82) is 0 Å². The second-order valence-electron chi connectivity index (χ2n) is 4.77. The van der Waals surface area contributed by atoms with E-state index in [9.17, 15) is 13.2 Å². The van der Waals surface area contributed by atoms with Gasteiger partial charge in [0.05, 0.1) is 0 Å². The van der Waals surface area contributed by atoms with Crippen molar-refractivity contribution in [2.75, 3.05) is 6.54 Å². The Morgan fingerprint density at radius 3 is 2.52 bits per heavy atom. The number of amides is 1. The molecule has 120 valence electrons. The van der Waals surface area contributed by atoms with Crippen molar-refractivity contribution in [3.05, 3.63) is 53.4 Å². The number of hydrogen-bond donors (Lipinski definition) is 0. The average Bonchev–Trinajstić information content (AvgIpc) is 3.17. The summed E-state index contributed by atoms with van der Waals surface area (Å²) in [4.78, 5) is 14.0. The molecule has 0 aliphatic carbocycles. The zero-order valence-electron chi connectivity index (χ0n) is 12.2. The molecule has 1 aliphatic rings. The molecule has 1 aromatic heterocycles. The van der Waals surface area contributed by atoms with Crippen molar-refractivity contribution in [2.24, 2.45) is 4.40 Å². The van der Waals surface area contributed by atoms with E-state index in [1.54, 1.807) is 18.4 Å². The minimum Gasteiger partial charge on any atom is -0.290 e. The van der Waals surface area contributed by atoms with Crippen molar-refractivity contribution in [2.45, 2.75) is 16.4 Å². The Balaban J connectivity index is 1.97. The number of likely N-dealkylation sites (N-methyl/N-ethyl adjacent to an activating group) is 1. The molecule has 0 N–H and O–H groups in total. The summed E-state index contributed by atoms with van der Waals surface area (Å²) in [6, 6.07) is 12.5. The first-order valence-electron chi connectivity index (χ1n) is 6.94. The highest BCUT2D eigenvalue weighted by Crippen LogP contribution is 2.40. The Kier molecular flexibility index (Phi) is 4.56. The smallest absolute Gasteiger partial charge is 0.290 e. The van der Waals surface area contributed by atoms with Gasteiger partial charge in [0.2, 0.25) is 5.91 Å². The van der Waals surface area contributed by atoms with Crippen LogP contribution in [0.25, 0.3) is 0 Å². The Labute approximate surface area is 143 Å². The lowest BCUT2D eigenvalue weighted by atomic mass is 10.1. The molecule has 23 heavy (non-hydrogen) atoms. The van der Waals surface area contributed by atoms with Crippen LogP contribution in [0.15, 0.2) is 56.5 Å². The summed E-state index contributed by atoms with van der Waals surface area (Å²) in [5, 5.41) is 1.47. The number of benzene rings is 1. The molecule has 1 atom stereocenters. The van der Waals surface area contributed by atoms with E-state index < -0.39 is 15.3 Å². The Hall–Kier alpha value is -1.64. The van der Waals surface area contributed by atoms with Gasteiger partial charge in [0.25, 0.3) is 10.0 Å². The van der Waals surface area contributed by atoms with Crippen molar-refractivity contribution in [3.63, 3.8) is 0 Å². The molecule has 0 radical (unpaired) electrons. The third-order valence-corrected chi connectivity index (χ3v) is 7.30. The van der Waals surface area contributed by atoms with Crippen LogP contribution < -0.4 is 0 Å². The molecular weight excluding hydrogens is 352 g/mol. The maximum Gasteiger partial charge on any atom is 0.294 e. The van der Waals surface area contributed by atoms with Crippen LogP contribution >= 0.6 is 23.1 Å². The van der Waals surface area contributed by atoms with Gasteiger partial charge in [0, 0.05) is 6.54 Å². The van der Waals surface area contributed by atoms with Gasteiger partial charge in [0.15, 0.2) is 5.17 Å². The Morgan fingerprint density at radius 1 is 1.17 bits per heavy atom. The van der Waals surface area contributed by atoms with Crippen LogP contribution in [0.5, 0.6) is 0 Å². The molecule has 1 saturated heterocycles. The van der Waals surface area contributed by atoms with E-state index in [4.69, 9.17) is 0 Å². The molecular formula is C15H14N2O3S3. The van der Waals surface area contributed by atoms with Gasteiger partial charge in [-0.25, -0.2) is 0 Å².